The molecule has 0 unspecified atom stereocenters. The van der Waals surface area contributed by atoms with Crippen molar-refractivity contribution in [3.8, 4) is 0 Å². The number of pyridine rings is 1. The van der Waals surface area contributed by atoms with Crippen molar-refractivity contribution in [1.82, 2.24) is 14.8 Å². The van der Waals surface area contributed by atoms with Gasteiger partial charge in [0.1, 0.15) is 5.82 Å². The van der Waals surface area contributed by atoms with E-state index in [-0.39, 0.29) is 24.1 Å². The maximum Gasteiger partial charge on any atom is 0.416 e. The molecule has 1 aliphatic heterocycles. The lowest BCUT2D eigenvalue weighted by Crippen LogP contribution is -2.48. The second kappa shape index (κ2) is 10.9. The summed E-state index contributed by atoms with van der Waals surface area (Å²) < 4.78 is 52.7. The molecule has 0 spiro atoms. The number of carbonyl (C=O) groups is 1. The third-order valence-electron chi connectivity index (χ3n) is 6.10. The van der Waals surface area contributed by atoms with Crippen LogP contribution in [0.15, 0.2) is 73.1 Å². The van der Waals surface area contributed by atoms with E-state index >= 15 is 0 Å². The zero-order valence-corrected chi connectivity index (χ0v) is 19.0. The lowest BCUT2D eigenvalue weighted by Gasteiger charge is -2.38. The minimum atomic E-state index is -4.50. The predicted octanol–water partition coefficient (Wildman–Crippen LogP) is 5.94. The SMILES string of the molecule is O=C(Nc1cccc(C(F)(F)F)c1)N(Cc1ccc(F)cc1)C1CCN(Cc2cccnc2)CC1. The van der Waals surface area contributed by atoms with Gasteiger partial charge in [0.25, 0.3) is 0 Å². The highest BCUT2D eigenvalue weighted by molar-refractivity contribution is 5.89. The van der Waals surface area contributed by atoms with Crippen LogP contribution in [0.5, 0.6) is 0 Å². The van der Waals surface area contributed by atoms with Crippen LogP contribution in [0.4, 0.5) is 28.0 Å². The Bertz CT molecular complexity index is 1110. The topological polar surface area (TPSA) is 48.5 Å². The lowest BCUT2D eigenvalue weighted by atomic mass is 10.0. The zero-order chi connectivity index (χ0) is 24.8. The number of carbonyl (C=O) groups excluding carboxylic acids is 1. The summed E-state index contributed by atoms with van der Waals surface area (Å²) in [5.41, 5.74) is 1.09. The number of urea groups is 1. The van der Waals surface area contributed by atoms with Crippen LogP contribution in [0.1, 0.15) is 29.5 Å². The van der Waals surface area contributed by atoms with Crippen LogP contribution in [0.25, 0.3) is 0 Å². The molecule has 1 fully saturated rings. The van der Waals surface area contributed by atoms with Gasteiger partial charge in [0.05, 0.1) is 5.56 Å². The van der Waals surface area contributed by atoms with Gasteiger partial charge < -0.3 is 10.2 Å². The van der Waals surface area contributed by atoms with Crippen molar-refractivity contribution in [2.45, 2.75) is 38.1 Å². The molecule has 0 atom stereocenters. The summed E-state index contributed by atoms with van der Waals surface area (Å²) >= 11 is 0. The first-order valence-electron chi connectivity index (χ1n) is 11.4. The molecule has 9 heteroatoms. The highest BCUT2D eigenvalue weighted by Crippen LogP contribution is 2.31. The van der Waals surface area contributed by atoms with E-state index in [0.29, 0.717) is 12.8 Å². The molecule has 184 valence electrons. The van der Waals surface area contributed by atoms with E-state index in [1.807, 2.05) is 18.3 Å². The number of benzene rings is 2. The van der Waals surface area contributed by atoms with Gasteiger partial charge in [-0.25, -0.2) is 9.18 Å². The summed E-state index contributed by atoms with van der Waals surface area (Å²) in [4.78, 5) is 21.3. The maximum atomic E-state index is 13.4. The Hall–Kier alpha value is -3.46. The van der Waals surface area contributed by atoms with E-state index in [4.69, 9.17) is 0 Å². The van der Waals surface area contributed by atoms with Crippen molar-refractivity contribution in [1.29, 1.82) is 0 Å². The standard InChI is InChI=1S/C26H26F4N4O/c27-22-8-6-19(7-9-22)18-34(25(35)32-23-5-1-4-21(15-23)26(28,29)30)24-10-13-33(14-11-24)17-20-3-2-12-31-16-20/h1-9,12,15-16,24H,10-11,13-14,17-18H2,(H,32,35). The zero-order valence-electron chi connectivity index (χ0n) is 19.0. The van der Waals surface area contributed by atoms with Gasteiger partial charge in [0.15, 0.2) is 0 Å². The number of hydrogen-bond donors (Lipinski definition) is 1. The average molecular weight is 487 g/mol. The molecule has 0 aliphatic carbocycles. The van der Waals surface area contributed by atoms with Gasteiger partial charge in [-0.05, 0) is 60.4 Å². The van der Waals surface area contributed by atoms with Crippen molar-refractivity contribution < 1.29 is 22.4 Å². The second-order valence-electron chi connectivity index (χ2n) is 8.63. The summed E-state index contributed by atoms with van der Waals surface area (Å²) in [5.74, 6) is -0.377. The average Bonchev–Trinajstić information content (AvgIpc) is 2.84. The quantitative estimate of drug-likeness (QED) is 0.439. The summed E-state index contributed by atoms with van der Waals surface area (Å²) in [6.07, 6.45) is 0.464. The summed E-state index contributed by atoms with van der Waals surface area (Å²) in [7, 11) is 0. The van der Waals surface area contributed by atoms with Gasteiger partial charge in [-0.15, -0.1) is 0 Å². The fraction of sp³-hybridized carbons (Fsp3) is 0.308. The van der Waals surface area contributed by atoms with Gasteiger partial charge in [-0.2, -0.15) is 13.2 Å². The van der Waals surface area contributed by atoms with Crippen molar-refractivity contribution in [2.24, 2.45) is 0 Å². The summed E-state index contributed by atoms with van der Waals surface area (Å²) in [6.45, 7) is 2.50. The molecule has 0 radical (unpaired) electrons. The van der Waals surface area contributed by atoms with Crippen LogP contribution >= 0.6 is 0 Å². The molecule has 3 aromatic rings. The van der Waals surface area contributed by atoms with Crippen LogP contribution in [0.2, 0.25) is 0 Å². The number of nitrogens with one attached hydrogen (secondary N) is 1. The minimum Gasteiger partial charge on any atom is -0.317 e. The molecule has 35 heavy (non-hydrogen) atoms. The van der Waals surface area contributed by atoms with E-state index in [1.165, 1.54) is 24.3 Å². The molecule has 2 amide bonds. The normalized spacial score (nSPS) is 15.1. The Morgan fingerprint density at radius 1 is 1.03 bits per heavy atom. The van der Waals surface area contributed by atoms with E-state index in [9.17, 15) is 22.4 Å². The minimum absolute atomic E-state index is 0.0722. The van der Waals surface area contributed by atoms with Crippen molar-refractivity contribution in [3.05, 3.63) is 95.6 Å². The van der Waals surface area contributed by atoms with Gasteiger partial charge in [-0.1, -0.05) is 24.3 Å². The van der Waals surface area contributed by atoms with Gasteiger partial charge >= 0.3 is 12.2 Å². The first-order chi connectivity index (χ1) is 16.8. The number of rotatable bonds is 6. The van der Waals surface area contributed by atoms with Crippen LogP contribution in [0.3, 0.4) is 0 Å². The molecular weight excluding hydrogens is 460 g/mol. The van der Waals surface area contributed by atoms with E-state index in [0.717, 1.165) is 42.9 Å². The molecule has 0 saturated carbocycles. The fourth-order valence-corrected chi connectivity index (χ4v) is 4.26. The third-order valence-corrected chi connectivity index (χ3v) is 6.10. The molecule has 5 nitrogen and oxygen atoms in total. The predicted molar refractivity (Wildman–Crippen MR) is 125 cm³/mol. The molecule has 1 aliphatic rings. The number of anilines is 1. The monoisotopic (exact) mass is 486 g/mol. The third kappa shape index (κ3) is 6.79. The molecule has 1 N–H and O–H groups in total. The number of aromatic nitrogens is 1. The number of amides is 2. The Morgan fingerprint density at radius 2 is 1.77 bits per heavy atom. The van der Waals surface area contributed by atoms with Gasteiger partial charge in [-0.3, -0.25) is 9.88 Å². The number of likely N-dealkylation sites (tertiary alicyclic amines) is 1. The number of nitrogens with zero attached hydrogens (tertiary/aromatic N) is 3. The number of piperidine rings is 1. The van der Waals surface area contributed by atoms with E-state index in [2.05, 4.69) is 15.2 Å². The Kier molecular flexibility index (Phi) is 7.65. The van der Waals surface area contributed by atoms with Crippen molar-refractivity contribution in [3.63, 3.8) is 0 Å². The van der Waals surface area contributed by atoms with Crippen LogP contribution in [0, 0.1) is 5.82 Å². The number of alkyl halides is 3. The maximum absolute atomic E-state index is 13.4. The van der Waals surface area contributed by atoms with Crippen molar-refractivity contribution >= 4 is 11.7 Å². The summed E-state index contributed by atoms with van der Waals surface area (Å²) in [5, 5.41) is 2.63. The Morgan fingerprint density at radius 3 is 2.43 bits per heavy atom. The number of hydrogen-bond acceptors (Lipinski definition) is 3. The molecule has 1 saturated heterocycles. The molecule has 2 heterocycles. The molecule has 4 rings (SSSR count). The second-order valence-corrected chi connectivity index (χ2v) is 8.63. The number of halogens is 4. The lowest BCUT2D eigenvalue weighted by molar-refractivity contribution is -0.137. The summed E-state index contributed by atoms with van der Waals surface area (Å²) in [6, 6.07) is 13.8. The fourth-order valence-electron chi connectivity index (χ4n) is 4.26. The smallest absolute Gasteiger partial charge is 0.317 e. The van der Waals surface area contributed by atoms with E-state index in [1.54, 1.807) is 23.2 Å². The first kappa shape index (κ1) is 24.7. The van der Waals surface area contributed by atoms with Crippen LogP contribution < -0.4 is 5.32 Å². The Labute approximate surface area is 201 Å². The molecular formula is C26H26F4N4O. The molecule has 2 aromatic carbocycles. The van der Waals surface area contributed by atoms with Crippen molar-refractivity contribution in [2.75, 3.05) is 18.4 Å². The highest BCUT2D eigenvalue weighted by Gasteiger charge is 2.31. The van der Waals surface area contributed by atoms with Crippen LogP contribution in [-0.4, -0.2) is 39.9 Å². The van der Waals surface area contributed by atoms with Crippen LogP contribution in [-0.2, 0) is 19.3 Å². The largest absolute Gasteiger partial charge is 0.416 e. The van der Waals surface area contributed by atoms with E-state index < -0.39 is 17.8 Å². The molecule has 0 bridgehead atoms. The first-order valence-corrected chi connectivity index (χ1v) is 11.4. The highest BCUT2D eigenvalue weighted by atomic mass is 19.4. The molecule has 1 aromatic heterocycles. The van der Waals surface area contributed by atoms with Gasteiger partial charge in [0.2, 0.25) is 0 Å². The Balaban J connectivity index is 1.47. The van der Waals surface area contributed by atoms with Gasteiger partial charge in [0, 0.05) is 50.3 Å².